The number of likely N-dealkylation sites (N-methyl/N-ethyl adjacent to an activating group) is 2. The van der Waals surface area contributed by atoms with E-state index in [-0.39, 0.29) is 18.3 Å². The molecule has 1 N–H and O–H groups in total. The van der Waals surface area contributed by atoms with Gasteiger partial charge < -0.3 is 0 Å². The summed E-state index contributed by atoms with van der Waals surface area (Å²) in [4.78, 5) is 32.0. The minimum atomic E-state index is -0.875. The van der Waals surface area contributed by atoms with Crippen molar-refractivity contribution in [3.8, 4) is 0 Å². The maximum Gasteiger partial charge on any atom is 0.414 e. The lowest BCUT2D eigenvalue weighted by Crippen LogP contribution is -2.61. The summed E-state index contributed by atoms with van der Waals surface area (Å²) in [5, 5.41) is 4.80. The topological polar surface area (TPSA) is 80.4 Å². The SMILES string of the molecule is CN1C(=O)C2C(=NC(N/N=C/c3ccc(Cl)cc3)=[N+]2Cc2ccccc2F)N(C)C1=O. The standard InChI is InChI=1S/C21H18ClFN6O2/c1-27-18-17(19(30)28(2)21(27)31)29(12-14-5-3-4-6-16(14)23)20(25-18)26-24-11-13-7-9-15(22)10-8-13/h3-11,17H,12H2,1-2H3/p+1/b24-11+. The molecule has 2 heterocycles. The van der Waals surface area contributed by atoms with Crippen LogP contribution in [0.3, 0.4) is 0 Å². The van der Waals surface area contributed by atoms with Gasteiger partial charge in [-0.05, 0) is 23.8 Å². The third-order valence-corrected chi connectivity index (χ3v) is 5.33. The van der Waals surface area contributed by atoms with Crippen molar-refractivity contribution in [2.24, 2.45) is 10.1 Å². The highest BCUT2D eigenvalue weighted by atomic mass is 35.5. The molecule has 0 saturated carbocycles. The van der Waals surface area contributed by atoms with Crippen LogP contribution in [0, 0.1) is 5.82 Å². The van der Waals surface area contributed by atoms with Gasteiger partial charge in [0.1, 0.15) is 5.82 Å². The zero-order chi connectivity index (χ0) is 22.1. The number of carbonyl (C=O) groups is 2. The molecule has 1 saturated heterocycles. The molecular weight excluding hydrogens is 423 g/mol. The number of nitrogens with one attached hydrogen (secondary N) is 1. The molecule has 0 radical (unpaired) electrons. The summed E-state index contributed by atoms with van der Waals surface area (Å²) in [5.41, 5.74) is 4.00. The van der Waals surface area contributed by atoms with E-state index in [0.29, 0.717) is 10.6 Å². The van der Waals surface area contributed by atoms with Crippen molar-refractivity contribution in [2.75, 3.05) is 14.1 Å². The van der Waals surface area contributed by atoms with Crippen LogP contribution in [-0.4, -0.2) is 64.5 Å². The van der Waals surface area contributed by atoms with Crippen LogP contribution in [-0.2, 0) is 11.3 Å². The van der Waals surface area contributed by atoms with Gasteiger partial charge in [-0.2, -0.15) is 5.43 Å². The van der Waals surface area contributed by atoms with Gasteiger partial charge in [-0.3, -0.25) is 14.6 Å². The Hall–Kier alpha value is -3.59. The number of nitrogens with zero attached hydrogens (tertiary/aromatic N) is 5. The van der Waals surface area contributed by atoms with E-state index < -0.39 is 23.8 Å². The number of hydrazone groups is 1. The van der Waals surface area contributed by atoms with E-state index in [4.69, 9.17) is 11.6 Å². The third kappa shape index (κ3) is 3.91. The van der Waals surface area contributed by atoms with Crippen LogP contribution in [0.15, 0.2) is 58.6 Å². The van der Waals surface area contributed by atoms with Crippen molar-refractivity contribution < 1.29 is 18.6 Å². The largest absolute Gasteiger partial charge is 0.414 e. The fourth-order valence-corrected chi connectivity index (χ4v) is 3.50. The highest BCUT2D eigenvalue weighted by Gasteiger charge is 2.51. The zero-order valence-electron chi connectivity index (χ0n) is 16.8. The van der Waals surface area contributed by atoms with E-state index >= 15 is 0 Å². The number of carbonyl (C=O) groups excluding carboxylic acids is 2. The molecule has 2 aliphatic heterocycles. The predicted octanol–water partition coefficient (Wildman–Crippen LogP) is 2.28. The maximum atomic E-state index is 14.3. The minimum absolute atomic E-state index is 0.0603. The van der Waals surface area contributed by atoms with Crippen molar-refractivity contribution in [3.63, 3.8) is 0 Å². The summed E-state index contributed by atoms with van der Waals surface area (Å²) < 4.78 is 15.9. The van der Waals surface area contributed by atoms with Gasteiger partial charge in [0.15, 0.2) is 0 Å². The molecule has 1 atom stereocenters. The summed E-state index contributed by atoms with van der Waals surface area (Å²) in [6.45, 7) is 0.0603. The Kier molecular flexibility index (Phi) is 5.51. The van der Waals surface area contributed by atoms with E-state index in [1.165, 1.54) is 25.1 Å². The fraction of sp³-hybridized carbons (Fsp3) is 0.190. The van der Waals surface area contributed by atoms with Crippen LogP contribution in [0.5, 0.6) is 0 Å². The van der Waals surface area contributed by atoms with Gasteiger partial charge in [0, 0.05) is 24.7 Å². The summed E-state index contributed by atoms with van der Waals surface area (Å²) >= 11 is 5.89. The second kappa shape index (κ2) is 8.27. The molecule has 2 aromatic rings. The quantitative estimate of drug-likeness (QED) is 0.449. The number of hydrogen-bond donors (Lipinski definition) is 1. The number of aliphatic imine (C=N–C) groups is 1. The number of guanidine groups is 1. The first-order chi connectivity index (χ1) is 14.9. The monoisotopic (exact) mass is 441 g/mol. The number of urea groups is 1. The number of fused-ring (bicyclic) bond motifs is 1. The molecule has 31 heavy (non-hydrogen) atoms. The Morgan fingerprint density at radius 2 is 1.87 bits per heavy atom. The van der Waals surface area contributed by atoms with Crippen molar-refractivity contribution >= 4 is 41.5 Å². The molecular formula is C21H19ClFN6O2+. The summed E-state index contributed by atoms with van der Waals surface area (Å²) in [6, 6.07) is 12.0. The average Bonchev–Trinajstić information content (AvgIpc) is 3.12. The van der Waals surface area contributed by atoms with E-state index in [0.717, 1.165) is 10.5 Å². The van der Waals surface area contributed by atoms with Crippen LogP contribution >= 0.6 is 11.6 Å². The predicted molar refractivity (Wildman–Crippen MR) is 115 cm³/mol. The Morgan fingerprint density at radius 1 is 1.16 bits per heavy atom. The molecule has 1 fully saturated rings. The smallest absolute Gasteiger partial charge is 0.270 e. The fourth-order valence-electron chi connectivity index (χ4n) is 3.38. The first kappa shape index (κ1) is 20.7. The Morgan fingerprint density at radius 3 is 2.58 bits per heavy atom. The molecule has 158 valence electrons. The summed E-state index contributed by atoms with van der Waals surface area (Å²) in [6.07, 6.45) is 1.57. The second-order valence-electron chi connectivity index (χ2n) is 7.08. The van der Waals surface area contributed by atoms with Crippen molar-refractivity contribution in [1.29, 1.82) is 0 Å². The Bertz CT molecular complexity index is 1140. The van der Waals surface area contributed by atoms with Crippen molar-refractivity contribution in [3.05, 3.63) is 70.5 Å². The molecule has 3 amide bonds. The van der Waals surface area contributed by atoms with Gasteiger partial charge in [-0.1, -0.05) is 46.9 Å². The lowest BCUT2D eigenvalue weighted by atomic mass is 10.1. The Balaban J connectivity index is 1.69. The molecule has 1 unspecified atom stereocenters. The van der Waals surface area contributed by atoms with Crippen LogP contribution in [0.2, 0.25) is 5.02 Å². The highest BCUT2D eigenvalue weighted by molar-refractivity contribution is 6.30. The van der Waals surface area contributed by atoms with Crippen LogP contribution in [0.25, 0.3) is 0 Å². The molecule has 10 heteroatoms. The lowest BCUT2D eigenvalue weighted by Gasteiger charge is -2.31. The first-order valence-corrected chi connectivity index (χ1v) is 9.80. The number of halogens is 2. The van der Waals surface area contributed by atoms with E-state index in [9.17, 15) is 14.0 Å². The molecule has 0 spiro atoms. The zero-order valence-corrected chi connectivity index (χ0v) is 17.5. The van der Waals surface area contributed by atoms with Gasteiger partial charge >= 0.3 is 12.0 Å². The van der Waals surface area contributed by atoms with E-state index in [1.807, 2.05) is 0 Å². The maximum absolute atomic E-state index is 14.3. The number of imide groups is 1. The lowest BCUT2D eigenvalue weighted by molar-refractivity contribution is -0.553. The minimum Gasteiger partial charge on any atom is -0.270 e. The summed E-state index contributed by atoms with van der Waals surface area (Å²) in [5.74, 6) is -0.358. The van der Waals surface area contributed by atoms with Gasteiger partial charge in [-0.25, -0.2) is 13.8 Å². The normalized spacial score (nSPS) is 18.7. The van der Waals surface area contributed by atoms with Gasteiger partial charge in [0.05, 0.1) is 12.8 Å². The third-order valence-electron chi connectivity index (χ3n) is 5.08. The van der Waals surface area contributed by atoms with Crippen LogP contribution in [0.1, 0.15) is 11.1 Å². The van der Waals surface area contributed by atoms with Gasteiger partial charge in [0.25, 0.3) is 5.91 Å². The van der Waals surface area contributed by atoms with Crippen LogP contribution in [0.4, 0.5) is 9.18 Å². The summed E-state index contributed by atoms with van der Waals surface area (Å²) in [7, 11) is 2.95. The molecule has 2 aliphatic rings. The van der Waals surface area contributed by atoms with E-state index in [1.54, 1.807) is 53.3 Å². The molecule has 0 bridgehead atoms. The molecule has 2 aromatic carbocycles. The molecule has 8 nitrogen and oxygen atoms in total. The average molecular weight is 442 g/mol. The van der Waals surface area contributed by atoms with Crippen LogP contribution < -0.4 is 5.43 Å². The van der Waals surface area contributed by atoms with Crippen molar-refractivity contribution in [1.82, 2.24) is 15.2 Å². The number of benzene rings is 2. The number of amides is 3. The number of rotatable bonds is 4. The second-order valence-corrected chi connectivity index (χ2v) is 7.51. The van der Waals surface area contributed by atoms with Crippen molar-refractivity contribution in [2.45, 2.75) is 12.6 Å². The van der Waals surface area contributed by atoms with Gasteiger partial charge in [-0.15, -0.1) is 5.10 Å². The number of hydrogen-bond acceptors (Lipinski definition) is 5. The highest BCUT2D eigenvalue weighted by Crippen LogP contribution is 2.21. The molecule has 0 aliphatic carbocycles. The van der Waals surface area contributed by atoms with Gasteiger partial charge in [0.2, 0.25) is 11.9 Å². The molecule has 0 aromatic heterocycles. The first-order valence-electron chi connectivity index (χ1n) is 9.42. The Labute approximate surface area is 182 Å². The molecule has 4 rings (SSSR count). The van der Waals surface area contributed by atoms with E-state index in [2.05, 4.69) is 15.5 Å². The number of amidine groups is 1.